The van der Waals surface area contributed by atoms with E-state index in [9.17, 15) is 0 Å². The first kappa shape index (κ1) is 11.9. The molecule has 17 heavy (non-hydrogen) atoms. The van der Waals surface area contributed by atoms with E-state index in [1.54, 1.807) is 4.68 Å². The Balaban J connectivity index is 2.12. The Labute approximate surface area is 105 Å². The highest BCUT2D eigenvalue weighted by atomic mass is 35.5. The number of hydrogen-bond acceptors (Lipinski definition) is 4. The maximum absolute atomic E-state index is 5.92. The number of hydrogen-bond donors (Lipinski definition) is 1. The van der Waals surface area contributed by atoms with E-state index in [0.717, 1.165) is 22.6 Å². The van der Waals surface area contributed by atoms with Gasteiger partial charge in [-0.1, -0.05) is 11.6 Å². The van der Waals surface area contributed by atoms with Crippen LogP contribution in [-0.2, 0) is 13.6 Å². The largest absolute Gasteiger partial charge is 0.366 e. The number of aromatic nitrogens is 4. The molecule has 6 heteroatoms. The molecule has 2 aromatic heterocycles. The van der Waals surface area contributed by atoms with Crippen molar-refractivity contribution < 1.29 is 0 Å². The molecule has 0 aliphatic heterocycles. The van der Waals surface area contributed by atoms with Crippen molar-refractivity contribution in [2.75, 3.05) is 5.32 Å². The predicted molar refractivity (Wildman–Crippen MR) is 67.1 cm³/mol. The van der Waals surface area contributed by atoms with Crippen LogP contribution in [0.25, 0.3) is 0 Å². The first-order valence-electron chi connectivity index (χ1n) is 5.28. The molecule has 0 amide bonds. The van der Waals surface area contributed by atoms with Gasteiger partial charge in [0.25, 0.3) is 0 Å². The summed E-state index contributed by atoms with van der Waals surface area (Å²) in [6, 6.07) is 0. The van der Waals surface area contributed by atoms with Crippen molar-refractivity contribution in [3.8, 4) is 0 Å². The predicted octanol–water partition coefficient (Wildman–Crippen LogP) is 2.09. The minimum atomic E-state index is 0.477. The summed E-state index contributed by atoms with van der Waals surface area (Å²) >= 11 is 5.92. The molecule has 0 aromatic carbocycles. The fourth-order valence-electron chi connectivity index (χ4n) is 1.61. The van der Waals surface area contributed by atoms with Crippen molar-refractivity contribution in [1.82, 2.24) is 19.7 Å². The molecule has 0 aliphatic rings. The Morgan fingerprint density at radius 2 is 2.12 bits per heavy atom. The molecular weight excluding hydrogens is 238 g/mol. The fraction of sp³-hybridized carbons (Fsp3) is 0.364. The van der Waals surface area contributed by atoms with E-state index in [4.69, 9.17) is 11.6 Å². The third-order valence-electron chi connectivity index (χ3n) is 2.58. The van der Waals surface area contributed by atoms with E-state index >= 15 is 0 Å². The lowest BCUT2D eigenvalue weighted by molar-refractivity contribution is 0.756. The topological polar surface area (TPSA) is 55.6 Å². The molecule has 0 radical (unpaired) electrons. The highest BCUT2D eigenvalue weighted by molar-refractivity contribution is 6.30. The van der Waals surface area contributed by atoms with Crippen molar-refractivity contribution in [3.63, 3.8) is 0 Å². The zero-order valence-corrected chi connectivity index (χ0v) is 10.8. The zero-order chi connectivity index (χ0) is 12.4. The van der Waals surface area contributed by atoms with Gasteiger partial charge in [0.15, 0.2) is 0 Å². The molecule has 0 saturated carbocycles. The van der Waals surface area contributed by atoms with Gasteiger partial charge in [0.2, 0.25) is 0 Å². The molecular formula is C11H14ClN5. The van der Waals surface area contributed by atoms with E-state index in [2.05, 4.69) is 20.4 Å². The lowest BCUT2D eigenvalue weighted by atomic mass is 10.2. The quantitative estimate of drug-likeness (QED) is 0.849. The molecule has 2 heterocycles. The summed E-state index contributed by atoms with van der Waals surface area (Å²) in [5.74, 6) is 0.758. The van der Waals surface area contributed by atoms with Crippen LogP contribution in [-0.4, -0.2) is 19.7 Å². The van der Waals surface area contributed by atoms with E-state index in [0.29, 0.717) is 11.7 Å². The molecule has 90 valence electrons. The van der Waals surface area contributed by atoms with Crippen molar-refractivity contribution in [3.05, 3.63) is 34.5 Å². The summed E-state index contributed by atoms with van der Waals surface area (Å²) in [5.41, 5.74) is 3.01. The molecule has 1 N–H and O–H groups in total. The number of rotatable bonds is 3. The summed E-state index contributed by atoms with van der Waals surface area (Å²) in [6.07, 6.45) is 3.44. The third-order valence-corrected chi connectivity index (χ3v) is 2.97. The zero-order valence-electron chi connectivity index (χ0n) is 10.0. The number of nitrogens with one attached hydrogen (secondary N) is 1. The first-order chi connectivity index (χ1) is 8.08. The van der Waals surface area contributed by atoms with Gasteiger partial charge in [-0.2, -0.15) is 5.10 Å². The van der Waals surface area contributed by atoms with Gasteiger partial charge in [0.1, 0.15) is 17.3 Å². The maximum Gasteiger partial charge on any atom is 0.137 e. The molecule has 0 unspecified atom stereocenters. The van der Waals surface area contributed by atoms with Gasteiger partial charge in [0, 0.05) is 30.9 Å². The molecule has 0 saturated heterocycles. The van der Waals surface area contributed by atoms with E-state index in [1.165, 1.54) is 6.33 Å². The molecule has 0 bridgehead atoms. The monoisotopic (exact) mass is 251 g/mol. The smallest absolute Gasteiger partial charge is 0.137 e. The van der Waals surface area contributed by atoms with Gasteiger partial charge in [-0.3, -0.25) is 4.68 Å². The number of nitrogens with zero attached hydrogens (tertiary/aromatic N) is 4. The average molecular weight is 252 g/mol. The Hall–Kier alpha value is -1.62. The minimum Gasteiger partial charge on any atom is -0.366 e. The molecule has 5 nitrogen and oxygen atoms in total. The summed E-state index contributed by atoms with van der Waals surface area (Å²) in [7, 11) is 1.91. The second-order valence-corrected chi connectivity index (χ2v) is 4.26. The van der Waals surface area contributed by atoms with Crippen molar-refractivity contribution >= 4 is 17.4 Å². The average Bonchev–Trinajstić information content (AvgIpc) is 2.60. The second-order valence-electron chi connectivity index (χ2n) is 3.91. The van der Waals surface area contributed by atoms with Crippen molar-refractivity contribution in [1.29, 1.82) is 0 Å². The van der Waals surface area contributed by atoms with Gasteiger partial charge in [0.05, 0.1) is 5.69 Å². The SMILES string of the molecule is Cc1nn(C)cc1CNc1ncnc(Cl)c1C. The summed E-state index contributed by atoms with van der Waals surface area (Å²) < 4.78 is 1.80. The van der Waals surface area contributed by atoms with E-state index < -0.39 is 0 Å². The highest BCUT2D eigenvalue weighted by Crippen LogP contribution is 2.18. The first-order valence-corrected chi connectivity index (χ1v) is 5.66. The van der Waals surface area contributed by atoms with Gasteiger partial charge < -0.3 is 5.32 Å². The molecule has 0 atom stereocenters. The minimum absolute atomic E-state index is 0.477. The fourth-order valence-corrected chi connectivity index (χ4v) is 1.74. The summed E-state index contributed by atoms with van der Waals surface area (Å²) in [5, 5.41) is 7.99. The van der Waals surface area contributed by atoms with E-state index in [-0.39, 0.29) is 0 Å². The maximum atomic E-state index is 5.92. The molecule has 2 aromatic rings. The molecule has 0 spiro atoms. The van der Waals surface area contributed by atoms with E-state index in [1.807, 2.05) is 27.1 Å². The van der Waals surface area contributed by atoms with Crippen molar-refractivity contribution in [2.24, 2.45) is 7.05 Å². The van der Waals surface area contributed by atoms with Crippen LogP contribution in [0.2, 0.25) is 5.15 Å². The van der Waals surface area contributed by atoms with Crippen LogP contribution in [0.1, 0.15) is 16.8 Å². The van der Waals surface area contributed by atoms with Gasteiger partial charge >= 0.3 is 0 Å². The lowest BCUT2D eigenvalue weighted by Gasteiger charge is -2.07. The Morgan fingerprint density at radius 3 is 2.76 bits per heavy atom. The van der Waals surface area contributed by atoms with Crippen LogP contribution in [0.3, 0.4) is 0 Å². The Morgan fingerprint density at radius 1 is 1.35 bits per heavy atom. The summed E-state index contributed by atoms with van der Waals surface area (Å²) in [6.45, 7) is 4.55. The van der Waals surface area contributed by atoms with Crippen LogP contribution in [0.5, 0.6) is 0 Å². The number of halogens is 1. The van der Waals surface area contributed by atoms with Gasteiger partial charge in [-0.05, 0) is 13.8 Å². The standard InChI is InChI=1S/C11H14ClN5/c1-7-10(12)14-6-15-11(7)13-4-9-5-17(3)16-8(9)2/h5-6H,4H2,1-3H3,(H,13,14,15). The third kappa shape index (κ3) is 2.55. The molecule has 2 rings (SSSR count). The van der Waals surface area contributed by atoms with Gasteiger partial charge in [-0.25, -0.2) is 9.97 Å². The van der Waals surface area contributed by atoms with Crippen LogP contribution < -0.4 is 5.32 Å². The normalized spacial score (nSPS) is 10.6. The Bertz CT molecular complexity index is 535. The number of anilines is 1. The Kier molecular flexibility index (Phi) is 3.28. The van der Waals surface area contributed by atoms with Gasteiger partial charge in [-0.15, -0.1) is 0 Å². The van der Waals surface area contributed by atoms with Crippen LogP contribution >= 0.6 is 11.6 Å². The van der Waals surface area contributed by atoms with Crippen molar-refractivity contribution in [2.45, 2.75) is 20.4 Å². The second kappa shape index (κ2) is 4.71. The molecule has 0 aliphatic carbocycles. The lowest BCUT2D eigenvalue weighted by Crippen LogP contribution is -2.04. The van der Waals surface area contributed by atoms with Crippen LogP contribution in [0.4, 0.5) is 5.82 Å². The molecule has 0 fully saturated rings. The number of aryl methyl sites for hydroxylation is 2. The van der Waals surface area contributed by atoms with Crippen LogP contribution in [0.15, 0.2) is 12.5 Å². The highest BCUT2D eigenvalue weighted by Gasteiger charge is 2.06. The summed E-state index contributed by atoms with van der Waals surface area (Å²) in [4.78, 5) is 8.07. The van der Waals surface area contributed by atoms with Crippen LogP contribution in [0, 0.1) is 13.8 Å².